The summed E-state index contributed by atoms with van der Waals surface area (Å²) in [5.74, 6) is -6.39. The number of carbonyl (C=O) groups is 2. The molecule has 0 bridgehead atoms. The van der Waals surface area contributed by atoms with Crippen molar-refractivity contribution < 1.29 is 27.5 Å². The number of anilines is 1. The number of esters is 1. The van der Waals surface area contributed by atoms with Crippen molar-refractivity contribution in [1.29, 1.82) is 0 Å². The largest absolute Gasteiger partial charge is 0.452 e. The molecule has 0 saturated carbocycles. The van der Waals surface area contributed by atoms with Crippen LogP contribution in [0.4, 0.5) is 18.9 Å². The Morgan fingerprint density at radius 2 is 1.69 bits per heavy atom. The third-order valence-electron chi connectivity index (χ3n) is 3.35. The number of amides is 1. The summed E-state index contributed by atoms with van der Waals surface area (Å²) in [5.41, 5.74) is -0.244. The molecule has 1 amide bonds. The third-order valence-corrected chi connectivity index (χ3v) is 4.06. The lowest BCUT2D eigenvalue weighted by atomic mass is 10.1. The van der Waals surface area contributed by atoms with Crippen LogP contribution in [0.25, 0.3) is 0 Å². The summed E-state index contributed by atoms with van der Waals surface area (Å²) < 4.78 is 44.5. The Bertz CT molecular complexity index is 841. The fourth-order valence-electron chi connectivity index (χ4n) is 1.99. The van der Waals surface area contributed by atoms with Gasteiger partial charge in [0.25, 0.3) is 5.91 Å². The molecular weight excluding hydrogens is 394 g/mol. The fourth-order valence-corrected chi connectivity index (χ4v) is 2.53. The molecule has 0 radical (unpaired) electrons. The Balaban J connectivity index is 2.01. The SMILES string of the molecule is C[C@H](OC(=O)Cc1c(Cl)cccc1Cl)C(=O)Nc1ccc(F)c(F)c1F. The molecule has 26 heavy (non-hydrogen) atoms. The van der Waals surface area contributed by atoms with E-state index in [0.717, 1.165) is 6.07 Å². The molecule has 0 spiro atoms. The average Bonchev–Trinajstić information content (AvgIpc) is 2.58. The first kappa shape index (κ1) is 20.1. The number of nitrogens with one attached hydrogen (secondary N) is 1. The summed E-state index contributed by atoms with van der Waals surface area (Å²) in [6.45, 7) is 1.24. The van der Waals surface area contributed by atoms with Crippen LogP contribution in [-0.4, -0.2) is 18.0 Å². The van der Waals surface area contributed by atoms with E-state index >= 15 is 0 Å². The second-order valence-corrected chi connectivity index (χ2v) is 6.04. The maximum atomic E-state index is 13.6. The van der Waals surface area contributed by atoms with E-state index in [4.69, 9.17) is 27.9 Å². The highest BCUT2D eigenvalue weighted by Gasteiger charge is 2.22. The minimum absolute atomic E-state index is 0.260. The molecule has 0 fully saturated rings. The van der Waals surface area contributed by atoms with E-state index in [2.05, 4.69) is 0 Å². The van der Waals surface area contributed by atoms with Gasteiger partial charge in [-0.25, -0.2) is 13.2 Å². The molecule has 0 aliphatic carbocycles. The molecule has 2 aromatic carbocycles. The lowest BCUT2D eigenvalue weighted by Gasteiger charge is -2.15. The molecule has 1 atom stereocenters. The molecule has 0 aliphatic rings. The first-order chi connectivity index (χ1) is 12.2. The number of hydrogen-bond donors (Lipinski definition) is 1. The van der Waals surface area contributed by atoms with Crippen LogP contribution in [0.1, 0.15) is 12.5 Å². The van der Waals surface area contributed by atoms with Crippen LogP contribution in [0.3, 0.4) is 0 Å². The second kappa shape index (κ2) is 8.42. The zero-order chi connectivity index (χ0) is 19.4. The zero-order valence-electron chi connectivity index (χ0n) is 13.3. The summed E-state index contributed by atoms with van der Waals surface area (Å²) in [5, 5.41) is 2.54. The Labute approximate surface area is 156 Å². The molecule has 1 N–H and O–H groups in total. The van der Waals surface area contributed by atoms with Crippen LogP contribution in [0.5, 0.6) is 0 Å². The molecule has 2 aromatic rings. The smallest absolute Gasteiger partial charge is 0.311 e. The van der Waals surface area contributed by atoms with Gasteiger partial charge in [-0.05, 0) is 31.2 Å². The van der Waals surface area contributed by atoms with E-state index in [9.17, 15) is 22.8 Å². The third kappa shape index (κ3) is 4.68. The molecular formula is C17H12Cl2F3NO3. The first-order valence-corrected chi connectivity index (χ1v) is 8.03. The van der Waals surface area contributed by atoms with Gasteiger partial charge in [-0.2, -0.15) is 0 Å². The van der Waals surface area contributed by atoms with Crippen molar-refractivity contribution in [3.05, 3.63) is 63.4 Å². The highest BCUT2D eigenvalue weighted by Crippen LogP contribution is 2.25. The molecule has 0 aromatic heterocycles. The van der Waals surface area contributed by atoms with Crippen LogP contribution in [0.2, 0.25) is 10.0 Å². The minimum atomic E-state index is -1.72. The normalized spacial score (nSPS) is 11.8. The monoisotopic (exact) mass is 405 g/mol. The van der Waals surface area contributed by atoms with Gasteiger partial charge in [-0.15, -0.1) is 0 Å². The van der Waals surface area contributed by atoms with Gasteiger partial charge in [0.15, 0.2) is 23.6 Å². The van der Waals surface area contributed by atoms with Gasteiger partial charge < -0.3 is 10.1 Å². The average molecular weight is 406 g/mol. The van der Waals surface area contributed by atoms with Crippen molar-refractivity contribution in [2.45, 2.75) is 19.4 Å². The van der Waals surface area contributed by atoms with Crippen molar-refractivity contribution in [1.82, 2.24) is 0 Å². The van der Waals surface area contributed by atoms with Gasteiger partial charge in [0.05, 0.1) is 12.1 Å². The lowest BCUT2D eigenvalue weighted by Crippen LogP contribution is -2.31. The van der Waals surface area contributed by atoms with E-state index in [1.54, 1.807) is 6.07 Å². The Hall–Kier alpha value is -2.25. The summed E-state index contributed by atoms with van der Waals surface area (Å²) in [6.07, 6.45) is -1.60. The van der Waals surface area contributed by atoms with Gasteiger partial charge in [0.1, 0.15) is 0 Å². The van der Waals surface area contributed by atoms with Gasteiger partial charge in [-0.1, -0.05) is 29.3 Å². The molecule has 2 rings (SSSR count). The number of halogens is 5. The van der Waals surface area contributed by atoms with Crippen molar-refractivity contribution in [2.24, 2.45) is 0 Å². The predicted molar refractivity (Wildman–Crippen MR) is 90.7 cm³/mol. The molecule has 9 heteroatoms. The van der Waals surface area contributed by atoms with Crippen molar-refractivity contribution in [3.8, 4) is 0 Å². The van der Waals surface area contributed by atoms with E-state index in [1.165, 1.54) is 19.1 Å². The quantitative estimate of drug-likeness (QED) is 0.587. The number of carbonyl (C=O) groups excluding carboxylic acids is 2. The van der Waals surface area contributed by atoms with Crippen LogP contribution < -0.4 is 5.32 Å². The molecule has 138 valence electrons. The van der Waals surface area contributed by atoms with Crippen LogP contribution in [-0.2, 0) is 20.7 Å². The Morgan fingerprint density at radius 1 is 1.08 bits per heavy atom. The zero-order valence-corrected chi connectivity index (χ0v) is 14.8. The molecule has 0 unspecified atom stereocenters. The van der Waals surface area contributed by atoms with E-state index in [-0.39, 0.29) is 16.5 Å². The summed E-state index contributed by atoms with van der Waals surface area (Å²) in [6, 6.07) is 6.19. The summed E-state index contributed by atoms with van der Waals surface area (Å²) >= 11 is 11.9. The second-order valence-electron chi connectivity index (χ2n) is 5.22. The van der Waals surface area contributed by atoms with Gasteiger partial charge in [0.2, 0.25) is 0 Å². The minimum Gasteiger partial charge on any atom is -0.452 e. The molecule has 4 nitrogen and oxygen atoms in total. The van der Waals surface area contributed by atoms with Crippen molar-refractivity contribution >= 4 is 40.8 Å². The molecule has 0 heterocycles. The highest BCUT2D eigenvalue weighted by molar-refractivity contribution is 6.36. The number of hydrogen-bond acceptors (Lipinski definition) is 3. The fraction of sp³-hybridized carbons (Fsp3) is 0.176. The summed E-state index contributed by atoms with van der Waals surface area (Å²) in [4.78, 5) is 23.9. The van der Waals surface area contributed by atoms with Crippen molar-refractivity contribution in [2.75, 3.05) is 5.32 Å². The van der Waals surface area contributed by atoms with Crippen LogP contribution in [0.15, 0.2) is 30.3 Å². The maximum absolute atomic E-state index is 13.6. The van der Waals surface area contributed by atoms with E-state index in [0.29, 0.717) is 11.6 Å². The van der Waals surface area contributed by atoms with Gasteiger partial charge in [-0.3, -0.25) is 9.59 Å². The predicted octanol–water partition coefficient (Wildman–Crippen LogP) is 4.52. The van der Waals surface area contributed by atoms with Gasteiger partial charge in [0, 0.05) is 15.6 Å². The number of rotatable bonds is 5. The highest BCUT2D eigenvalue weighted by atomic mass is 35.5. The standard InChI is InChI=1S/C17H12Cl2F3NO3/c1-8(17(25)23-13-6-5-12(20)15(21)16(13)22)26-14(24)7-9-10(18)3-2-4-11(9)19/h2-6,8H,7H2,1H3,(H,23,25)/t8-/m0/s1. The van der Waals surface area contributed by atoms with Gasteiger partial charge >= 0.3 is 5.97 Å². The number of ether oxygens (including phenoxy) is 1. The van der Waals surface area contributed by atoms with Crippen molar-refractivity contribution in [3.63, 3.8) is 0 Å². The molecule has 0 aliphatic heterocycles. The summed E-state index contributed by atoms with van der Waals surface area (Å²) in [7, 11) is 0. The Morgan fingerprint density at radius 3 is 2.31 bits per heavy atom. The first-order valence-electron chi connectivity index (χ1n) is 7.27. The van der Waals surface area contributed by atoms with E-state index < -0.39 is 41.1 Å². The van der Waals surface area contributed by atoms with Crippen LogP contribution in [0, 0.1) is 17.5 Å². The van der Waals surface area contributed by atoms with E-state index in [1.807, 2.05) is 5.32 Å². The lowest BCUT2D eigenvalue weighted by molar-refractivity contribution is -0.152. The molecule has 0 saturated heterocycles. The maximum Gasteiger partial charge on any atom is 0.311 e. The topological polar surface area (TPSA) is 55.4 Å². The Kier molecular flexibility index (Phi) is 6.50. The van der Waals surface area contributed by atoms with Crippen LogP contribution >= 0.6 is 23.2 Å². The number of benzene rings is 2.